The van der Waals surface area contributed by atoms with E-state index in [0.717, 1.165) is 4.90 Å². The van der Waals surface area contributed by atoms with Crippen molar-refractivity contribution in [3.63, 3.8) is 0 Å². The van der Waals surface area contributed by atoms with Gasteiger partial charge in [0.25, 0.3) is 0 Å². The quantitative estimate of drug-likeness (QED) is 0.661. The van der Waals surface area contributed by atoms with E-state index in [0.29, 0.717) is 0 Å². The predicted molar refractivity (Wildman–Crippen MR) is 57.0 cm³/mol. The molecule has 1 heterocycles. The standard InChI is InChI=1S/C10H15FN4O2/c11-6-3-4-15(8(6)5-12)10(17)7(13)1-2-9(14)16/h6-8H,1-4,13H2,(H2,14,16)/t6-,7?,8+/m1/s1. The number of amides is 2. The van der Waals surface area contributed by atoms with Crippen molar-refractivity contribution in [2.45, 2.75) is 37.5 Å². The first-order chi connectivity index (χ1) is 7.97. The minimum Gasteiger partial charge on any atom is -0.370 e. The molecule has 1 fully saturated rings. The van der Waals surface area contributed by atoms with Gasteiger partial charge in [-0.1, -0.05) is 0 Å². The molecule has 94 valence electrons. The van der Waals surface area contributed by atoms with Gasteiger partial charge in [0.2, 0.25) is 11.8 Å². The Labute approximate surface area is 98.3 Å². The zero-order valence-corrected chi connectivity index (χ0v) is 9.30. The lowest BCUT2D eigenvalue weighted by molar-refractivity contribution is -0.133. The molecule has 1 aliphatic rings. The minimum atomic E-state index is -1.33. The van der Waals surface area contributed by atoms with Gasteiger partial charge >= 0.3 is 0 Å². The lowest BCUT2D eigenvalue weighted by Crippen LogP contribution is -2.47. The Hall–Kier alpha value is -1.68. The van der Waals surface area contributed by atoms with E-state index in [9.17, 15) is 14.0 Å². The van der Waals surface area contributed by atoms with Crippen LogP contribution < -0.4 is 11.5 Å². The summed E-state index contributed by atoms with van der Waals surface area (Å²) in [5, 5.41) is 8.76. The van der Waals surface area contributed by atoms with E-state index in [1.165, 1.54) is 0 Å². The number of hydrogen-bond donors (Lipinski definition) is 2. The number of nitriles is 1. The Morgan fingerprint density at radius 2 is 2.24 bits per heavy atom. The first-order valence-electron chi connectivity index (χ1n) is 5.35. The van der Waals surface area contributed by atoms with Crippen LogP contribution >= 0.6 is 0 Å². The van der Waals surface area contributed by atoms with Gasteiger partial charge in [0.05, 0.1) is 12.1 Å². The molecule has 1 aliphatic heterocycles. The van der Waals surface area contributed by atoms with Crippen LogP contribution in [-0.2, 0) is 9.59 Å². The summed E-state index contributed by atoms with van der Waals surface area (Å²) in [5.74, 6) is -1.05. The Balaban J connectivity index is 2.58. The summed E-state index contributed by atoms with van der Waals surface area (Å²) in [5.41, 5.74) is 10.5. The molecule has 0 aromatic carbocycles. The zero-order chi connectivity index (χ0) is 13.0. The zero-order valence-electron chi connectivity index (χ0n) is 9.30. The van der Waals surface area contributed by atoms with Gasteiger partial charge < -0.3 is 16.4 Å². The summed E-state index contributed by atoms with van der Waals surface area (Å²) in [6.07, 6.45) is -1.07. The summed E-state index contributed by atoms with van der Waals surface area (Å²) in [6.45, 7) is 0.183. The van der Waals surface area contributed by atoms with Crippen LogP contribution in [0, 0.1) is 11.3 Å². The molecule has 0 aromatic heterocycles. The molecule has 7 heteroatoms. The highest BCUT2D eigenvalue weighted by Crippen LogP contribution is 2.21. The van der Waals surface area contributed by atoms with Crippen molar-refractivity contribution < 1.29 is 14.0 Å². The maximum absolute atomic E-state index is 13.2. The van der Waals surface area contributed by atoms with Gasteiger partial charge in [0, 0.05) is 13.0 Å². The molecule has 3 atom stereocenters. The molecule has 0 aromatic rings. The SMILES string of the molecule is N#C[C@H]1[C@H](F)CCN1C(=O)C(N)CCC(N)=O. The van der Waals surface area contributed by atoms with E-state index >= 15 is 0 Å². The average molecular weight is 242 g/mol. The highest BCUT2D eigenvalue weighted by atomic mass is 19.1. The van der Waals surface area contributed by atoms with Crippen molar-refractivity contribution in [3.8, 4) is 6.07 Å². The van der Waals surface area contributed by atoms with Gasteiger partial charge in [0.1, 0.15) is 6.17 Å². The van der Waals surface area contributed by atoms with Crippen molar-refractivity contribution in [1.29, 1.82) is 5.26 Å². The van der Waals surface area contributed by atoms with Crippen LogP contribution in [-0.4, -0.2) is 41.5 Å². The van der Waals surface area contributed by atoms with Crippen molar-refractivity contribution in [2.75, 3.05) is 6.54 Å². The molecule has 1 saturated heterocycles. The number of halogens is 1. The number of nitrogens with two attached hydrogens (primary N) is 2. The number of alkyl halides is 1. The lowest BCUT2D eigenvalue weighted by Gasteiger charge is -2.23. The molecule has 0 bridgehead atoms. The number of primary amides is 1. The second-order valence-corrected chi connectivity index (χ2v) is 4.02. The smallest absolute Gasteiger partial charge is 0.240 e. The fourth-order valence-electron chi connectivity index (χ4n) is 1.79. The maximum atomic E-state index is 13.2. The van der Waals surface area contributed by atoms with E-state index < -0.39 is 30.1 Å². The second kappa shape index (κ2) is 5.59. The Morgan fingerprint density at radius 1 is 1.59 bits per heavy atom. The molecule has 4 N–H and O–H groups in total. The van der Waals surface area contributed by atoms with Crippen molar-refractivity contribution in [3.05, 3.63) is 0 Å². The Bertz CT molecular complexity index is 355. The number of hydrogen-bond acceptors (Lipinski definition) is 4. The molecule has 0 radical (unpaired) electrons. The van der Waals surface area contributed by atoms with Crippen LogP contribution in [0.5, 0.6) is 0 Å². The summed E-state index contributed by atoms with van der Waals surface area (Å²) < 4.78 is 13.2. The third-order valence-electron chi connectivity index (χ3n) is 2.76. The van der Waals surface area contributed by atoms with Crippen LogP contribution in [0.25, 0.3) is 0 Å². The van der Waals surface area contributed by atoms with E-state index in [2.05, 4.69) is 0 Å². The highest BCUT2D eigenvalue weighted by Gasteiger charge is 2.38. The number of carbonyl (C=O) groups is 2. The molecule has 0 spiro atoms. The van der Waals surface area contributed by atoms with Crippen LogP contribution in [0.2, 0.25) is 0 Å². The number of rotatable bonds is 4. The largest absolute Gasteiger partial charge is 0.370 e. The van der Waals surface area contributed by atoms with Crippen molar-refractivity contribution in [1.82, 2.24) is 4.90 Å². The third-order valence-corrected chi connectivity index (χ3v) is 2.76. The van der Waals surface area contributed by atoms with Crippen LogP contribution in [0.4, 0.5) is 4.39 Å². The molecule has 6 nitrogen and oxygen atoms in total. The molecule has 0 aliphatic carbocycles. The predicted octanol–water partition coefficient (Wildman–Crippen LogP) is -0.958. The second-order valence-electron chi connectivity index (χ2n) is 4.02. The van der Waals surface area contributed by atoms with Gasteiger partial charge in [-0.3, -0.25) is 9.59 Å². The molecule has 17 heavy (non-hydrogen) atoms. The first kappa shape index (κ1) is 13.4. The van der Waals surface area contributed by atoms with Gasteiger partial charge in [-0.25, -0.2) is 4.39 Å². The lowest BCUT2D eigenvalue weighted by atomic mass is 10.1. The monoisotopic (exact) mass is 242 g/mol. The topological polar surface area (TPSA) is 113 Å². The first-order valence-corrected chi connectivity index (χ1v) is 5.35. The number of likely N-dealkylation sites (tertiary alicyclic amines) is 1. The van der Waals surface area contributed by atoms with Crippen molar-refractivity contribution >= 4 is 11.8 Å². The van der Waals surface area contributed by atoms with Gasteiger partial charge in [-0.2, -0.15) is 5.26 Å². The van der Waals surface area contributed by atoms with Gasteiger partial charge in [-0.05, 0) is 12.8 Å². The Kier molecular flexibility index (Phi) is 4.40. The van der Waals surface area contributed by atoms with E-state index in [4.69, 9.17) is 16.7 Å². The summed E-state index contributed by atoms with van der Waals surface area (Å²) in [6, 6.07) is -0.233. The molecule has 1 rings (SSSR count). The molecule has 2 amide bonds. The minimum absolute atomic E-state index is 0.00296. The number of nitrogens with zero attached hydrogens (tertiary/aromatic N) is 2. The van der Waals surface area contributed by atoms with Crippen LogP contribution in [0.3, 0.4) is 0 Å². The fraction of sp³-hybridized carbons (Fsp3) is 0.700. The summed E-state index contributed by atoms with van der Waals surface area (Å²) >= 11 is 0. The molecule has 0 saturated carbocycles. The number of carbonyl (C=O) groups excluding carboxylic acids is 2. The average Bonchev–Trinajstić information content (AvgIpc) is 2.66. The van der Waals surface area contributed by atoms with Gasteiger partial charge in [-0.15, -0.1) is 0 Å². The van der Waals surface area contributed by atoms with Gasteiger partial charge in [0.15, 0.2) is 6.04 Å². The summed E-state index contributed by atoms with van der Waals surface area (Å²) in [7, 11) is 0. The van der Waals surface area contributed by atoms with E-state index in [1.807, 2.05) is 0 Å². The van der Waals surface area contributed by atoms with E-state index in [-0.39, 0.29) is 25.8 Å². The maximum Gasteiger partial charge on any atom is 0.240 e. The molecule has 1 unspecified atom stereocenters. The van der Waals surface area contributed by atoms with Crippen LogP contribution in [0.1, 0.15) is 19.3 Å². The third kappa shape index (κ3) is 3.14. The fourth-order valence-corrected chi connectivity index (χ4v) is 1.79. The van der Waals surface area contributed by atoms with E-state index in [1.54, 1.807) is 6.07 Å². The van der Waals surface area contributed by atoms with Crippen LogP contribution in [0.15, 0.2) is 0 Å². The summed E-state index contributed by atoms with van der Waals surface area (Å²) in [4.78, 5) is 23.5. The molecular weight excluding hydrogens is 227 g/mol. The molecular formula is C10H15FN4O2. The van der Waals surface area contributed by atoms with Crippen molar-refractivity contribution in [2.24, 2.45) is 11.5 Å². The Morgan fingerprint density at radius 3 is 2.76 bits per heavy atom. The normalized spacial score (nSPS) is 25.4. The highest BCUT2D eigenvalue weighted by molar-refractivity contribution is 5.83.